The van der Waals surface area contributed by atoms with Crippen molar-refractivity contribution < 1.29 is 26.3 Å². The molecule has 0 fully saturated rings. The van der Waals surface area contributed by atoms with Crippen LogP contribution in [-0.2, 0) is 12.4 Å². The summed E-state index contributed by atoms with van der Waals surface area (Å²) in [6, 6.07) is 51.9. The first-order chi connectivity index (χ1) is 30.9. The molecule has 0 atom stereocenters. The van der Waals surface area contributed by atoms with Gasteiger partial charge in [0.05, 0.1) is 79.5 Å². The van der Waals surface area contributed by atoms with Crippen LogP contribution in [0, 0.1) is 34.0 Å². The Kier molecular flexibility index (Phi) is 9.14. The van der Waals surface area contributed by atoms with Crippen molar-refractivity contribution in [1.82, 2.24) is 9.13 Å². The van der Waals surface area contributed by atoms with E-state index in [1.807, 2.05) is 106 Å². The van der Waals surface area contributed by atoms with Crippen LogP contribution < -0.4 is 0 Å². The summed E-state index contributed by atoms with van der Waals surface area (Å²) in [7, 11) is 0. The Morgan fingerprint density at radius 3 is 1.34 bits per heavy atom. The lowest BCUT2D eigenvalue weighted by Gasteiger charge is -2.21. The minimum atomic E-state index is -5.22. The molecule has 0 saturated heterocycles. The van der Waals surface area contributed by atoms with Crippen LogP contribution >= 0.6 is 0 Å². The van der Waals surface area contributed by atoms with E-state index < -0.39 is 29.0 Å². The van der Waals surface area contributed by atoms with E-state index in [9.17, 15) is 42.1 Å². The third-order valence-electron chi connectivity index (χ3n) is 11.7. The molecular weight excluding hydrogens is 821 g/mol. The minimum Gasteiger partial charge on any atom is -0.307 e. The molecule has 11 heteroatoms. The second-order valence-electron chi connectivity index (χ2n) is 15.3. The van der Waals surface area contributed by atoms with Gasteiger partial charge in [-0.3, -0.25) is 0 Å². The van der Waals surface area contributed by atoms with Crippen LogP contribution in [0.25, 0.3) is 88.4 Å². The highest BCUT2D eigenvalue weighted by atomic mass is 19.4. The smallest absolute Gasteiger partial charge is 0.307 e. The Morgan fingerprint density at radius 2 is 0.859 bits per heavy atom. The largest absolute Gasteiger partial charge is 0.417 e. The second-order valence-corrected chi connectivity index (χ2v) is 15.3. The number of nitriles is 3. The molecule has 8 aromatic carbocycles. The molecule has 2 aromatic heterocycles. The average molecular weight is 848 g/mol. The maximum Gasteiger partial charge on any atom is 0.417 e. The van der Waals surface area contributed by atoms with Crippen LogP contribution in [0.3, 0.4) is 0 Å². The molecule has 0 bridgehead atoms. The molecule has 2 heterocycles. The number of para-hydroxylation sites is 2. The maximum absolute atomic E-state index is 14.9. The monoisotopic (exact) mass is 847 g/mol. The molecule has 0 aliphatic carbocycles. The molecule has 0 amide bonds. The van der Waals surface area contributed by atoms with Gasteiger partial charge in [-0.05, 0) is 113 Å². The van der Waals surface area contributed by atoms with E-state index in [1.165, 1.54) is 12.1 Å². The highest BCUT2D eigenvalue weighted by molar-refractivity contribution is 6.13. The lowest BCUT2D eigenvalue weighted by atomic mass is 9.92. The Morgan fingerprint density at radius 1 is 0.375 bits per heavy atom. The van der Waals surface area contributed by atoms with Gasteiger partial charge in [-0.15, -0.1) is 0 Å². The van der Waals surface area contributed by atoms with Gasteiger partial charge in [0.15, 0.2) is 0 Å². The van der Waals surface area contributed by atoms with Crippen LogP contribution in [0.5, 0.6) is 0 Å². The number of aromatic nitrogens is 2. The summed E-state index contributed by atoms with van der Waals surface area (Å²) in [6.45, 7) is 0. The van der Waals surface area contributed by atoms with E-state index in [-0.39, 0.29) is 17.2 Å². The van der Waals surface area contributed by atoms with E-state index in [0.717, 1.165) is 49.9 Å². The first kappa shape index (κ1) is 39.5. The molecule has 0 unspecified atom stereocenters. The number of benzene rings is 8. The van der Waals surface area contributed by atoms with Crippen molar-refractivity contribution in [1.29, 1.82) is 15.8 Å². The molecule has 306 valence electrons. The molecule has 0 spiro atoms. The Bertz CT molecular complexity index is 3700. The van der Waals surface area contributed by atoms with Gasteiger partial charge in [0.25, 0.3) is 0 Å². The summed E-state index contributed by atoms with van der Waals surface area (Å²) in [6.07, 6.45) is -10.3. The van der Waals surface area contributed by atoms with Crippen LogP contribution in [0.1, 0.15) is 27.8 Å². The van der Waals surface area contributed by atoms with E-state index >= 15 is 0 Å². The van der Waals surface area contributed by atoms with E-state index in [2.05, 4.69) is 18.2 Å². The fourth-order valence-electron chi connectivity index (χ4n) is 8.80. The number of hydrogen-bond donors (Lipinski definition) is 0. The molecule has 10 aromatic rings. The Balaban J connectivity index is 1.32. The molecule has 10 rings (SSSR count). The van der Waals surface area contributed by atoms with Crippen LogP contribution in [0.15, 0.2) is 164 Å². The molecule has 0 radical (unpaired) electrons. The fourth-order valence-corrected chi connectivity index (χ4v) is 8.80. The van der Waals surface area contributed by atoms with Crippen LogP contribution in [0.2, 0.25) is 0 Å². The number of fused-ring (bicyclic) bond motifs is 6. The molecule has 0 aliphatic rings. The molecule has 0 N–H and O–H groups in total. The molecular formula is C53H27F6N5. The predicted octanol–water partition coefficient (Wildman–Crippen LogP) is 14.5. The summed E-state index contributed by atoms with van der Waals surface area (Å²) < 4.78 is 90.4. The van der Waals surface area contributed by atoms with E-state index in [4.69, 9.17) is 0 Å². The van der Waals surface area contributed by atoms with Crippen LogP contribution in [0.4, 0.5) is 26.3 Å². The van der Waals surface area contributed by atoms with Gasteiger partial charge in [-0.2, -0.15) is 42.1 Å². The van der Waals surface area contributed by atoms with E-state index in [0.29, 0.717) is 50.6 Å². The summed E-state index contributed by atoms with van der Waals surface area (Å²) in [5.41, 5.74) is 3.73. The van der Waals surface area contributed by atoms with Crippen LogP contribution in [-0.4, -0.2) is 9.13 Å². The maximum atomic E-state index is 14.9. The second kappa shape index (κ2) is 14.8. The summed E-state index contributed by atoms with van der Waals surface area (Å²) in [5, 5.41) is 33.3. The third kappa shape index (κ3) is 6.48. The number of halogens is 6. The van der Waals surface area contributed by atoms with Gasteiger partial charge in [0.1, 0.15) is 0 Å². The molecule has 64 heavy (non-hydrogen) atoms. The first-order valence-electron chi connectivity index (χ1n) is 19.8. The zero-order valence-electron chi connectivity index (χ0n) is 33.1. The molecule has 0 saturated carbocycles. The van der Waals surface area contributed by atoms with Crippen molar-refractivity contribution in [3.8, 4) is 63.0 Å². The lowest BCUT2D eigenvalue weighted by Crippen LogP contribution is -2.13. The first-order valence-corrected chi connectivity index (χ1v) is 19.8. The number of rotatable bonds is 5. The van der Waals surface area contributed by atoms with Gasteiger partial charge in [0.2, 0.25) is 0 Å². The van der Waals surface area contributed by atoms with Crippen molar-refractivity contribution in [3.63, 3.8) is 0 Å². The number of hydrogen-bond acceptors (Lipinski definition) is 3. The third-order valence-corrected chi connectivity index (χ3v) is 11.7. The Labute approximate surface area is 360 Å². The number of nitrogens with zero attached hydrogens (tertiary/aromatic N) is 5. The van der Waals surface area contributed by atoms with Gasteiger partial charge in [-0.1, -0.05) is 78.9 Å². The van der Waals surface area contributed by atoms with Gasteiger partial charge in [-0.25, -0.2) is 0 Å². The van der Waals surface area contributed by atoms with Gasteiger partial charge >= 0.3 is 12.4 Å². The average Bonchev–Trinajstić information content (AvgIpc) is 3.82. The van der Waals surface area contributed by atoms with E-state index in [1.54, 1.807) is 36.4 Å². The Hall–Kier alpha value is -8.59. The predicted molar refractivity (Wildman–Crippen MR) is 236 cm³/mol. The zero-order valence-corrected chi connectivity index (χ0v) is 33.1. The fraction of sp³-hybridized carbons (Fsp3) is 0.0377. The summed E-state index contributed by atoms with van der Waals surface area (Å²) in [4.78, 5) is 0. The normalized spacial score (nSPS) is 11.9. The van der Waals surface area contributed by atoms with Crippen molar-refractivity contribution in [2.45, 2.75) is 12.4 Å². The summed E-state index contributed by atoms with van der Waals surface area (Å²) in [5.74, 6) is 0. The SMILES string of the molecule is N#Cc1cccc(-c2ccc3c(c2)c2ccccc2n3-c2cc(C#N)c(-c3ccc(C(F)(F)F)cc3C(F)(F)F)cc2-n2c3ccccc3c3cc(-c4cccc(C#N)c4)ccc32)c1. The van der Waals surface area contributed by atoms with Gasteiger partial charge in [0, 0.05) is 27.1 Å². The minimum absolute atomic E-state index is 0.0875. The zero-order chi connectivity index (χ0) is 44.5. The highest BCUT2D eigenvalue weighted by Crippen LogP contribution is 2.46. The standard InChI is InChI=1S/C53H27F6N5/c54-52(55,56)38-17-18-39(45(26-38)53(57,58)59)42-27-51(64-47-14-4-2-12-41(47)44-24-36(16-20-49(44)64)34-10-6-8-32(22-34)29-61)50(25-37(42)30-62)63-46-13-3-1-11-40(46)43-23-35(15-19-48(43)63)33-9-5-7-31(21-33)28-60/h1-27H. The number of alkyl halides is 6. The lowest BCUT2D eigenvalue weighted by molar-refractivity contribution is -0.142. The highest BCUT2D eigenvalue weighted by Gasteiger charge is 2.39. The van der Waals surface area contributed by atoms with Crippen molar-refractivity contribution in [2.75, 3.05) is 0 Å². The van der Waals surface area contributed by atoms with Crippen molar-refractivity contribution >= 4 is 43.6 Å². The topological polar surface area (TPSA) is 81.2 Å². The van der Waals surface area contributed by atoms with Gasteiger partial charge < -0.3 is 9.13 Å². The summed E-state index contributed by atoms with van der Waals surface area (Å²) >= 11 is 0. The molecule has 5 nitrogen and oxygen atoms in total. The molecule has 0 aliphatic heterocycles. The quantitative estimate of drug-likeness (QED) is 0.162. The van der Waals surface area contributed by atoms with Crippen molar-refractivity contribution in [3.05, 3.63) is 192 Å². The van der Waals surface area contributed by atoms with Crippen molar-refractivity contribution in [2.24, 2.45) is 0 Å².